The zero-order chi connectivity index (χ0) is 30.7. The normalized spacial score (nSPS) is 12.2. The minimum atomic E-state index is -1.44. The van der Waals surface area contributed by atoms with Gasteiger partial charge < -0.3 is 29.5 Å². The maximum absolute atomic E-state index is 13.4. The van der Waals surface area contributed by atoms with Crippen LogP contribution in [0.4, 0.5) is 14.7 Å². The van der Waals surface area contributed by atoms with Crippen molar-refractivity contribution < 1.29 is 43.3 Å². The first-order valence-electron chi connectivity index (χ1n) is 12.5. The predicted octanol–water partition coefficient (Wildman–Crippen LogP) is 4.35. The molecule has 0 spiro atoms. The molecule has 0 fully saturated rings. The molecule has 1 aromatic heterocycles. The fourth-order valence-electron chi connectivity index (χ4n) is 3.41. The lowest BCUT2D eigenvalue weighted by molar-refractivity contribution is -0.151. The molecule has 13 nitrogen and oxygen atoms in total. The highest BCUT2D eigenvalue weighted by atomic mass is 32.1. The number of hydrogen-bond acceptors (Lipinski definition) is 11. The van der Waals surface area contributed by atoms with E-state index >= 15 is 0 Å². The highest BCUT2D eigenvalue weighted by molar-refractivity contribution is 7.14. The summed E-state index contributed by atoms with van der Waals surface area (Å²) in [6.45, 7) is 4.34. The number of carbonyl (C=O) groups excluding carboxylic acids is 3. The number of rotatable bonds is 11. The van der Waals surface area contributed by atoms with Crippen molar-refractivity contribution in [3.63, 3.8) is 0 Å². The SMILES string of the molecule is CO/N=C(\C(=O)O)c1csc(NC(=O)OCC(NC(=O)OC(C)(C)C)C(=O)OC(c2ccccc2)c2ccccc2)n1. The van der Waals surface area contributed by atoms with Gasteiger partial charge in [0.2, 0.25) is 5.71 Å². The molecule has 0 saturated carbocycles. The summed E-state index contributed by atoms with van der Waals surface area (Å²) in [6.07, 6.45) is -2.77. The zero-order valence-corrected chi connectivity index (χ0v) is 24.0. The van der Waals surface area contributed by atoms with E-state index in [4.69, 9.17) is 14.2 Å². The van der Waals surface area contributed by atoms with Crippen LogP contribution in [0.2, 0.25) is 0 Å². The third kappa shape index (κ3) is 9.59. The first-order chi connectivity index (χ1) is 20.0. The topological polar surface area (TPSA) is 175 Å². The number of aromatic nitrogens is 1. The average molecular weight is 599 g/mol. The van der Waals surface area contributed by atoms with Gasteiger partial charge in [-0.1, -0.05) is 65.8 Å². The minimum Gasteiger partial charge on any atom is -0.476 e. The molecule has 3 aromatic rings. The Morgan fingerprint density at radius 1 is 0.976 bits per heavy atom. The number of nitrogens with one attached hydrogen (secondary N) is 2. The van der Waals surface area contributed by atoms with Crippen molar-refractivity contribution in [2.45, 2.75) is 38.5 Å². The van der Waals surface area contributed by atoms with Gasteiger partial charge in [-0.3, -0.25) is 5.32 Å². The van der Waals surface area contributed by atoms with Crippen molar-refractivity contribution in [3.8, 4) is 0 Å². The molecule has 0 aliphatic heterocycles. The maximum atomic E-state index is 13.4. The highest BCUT2D eigenvalue weighted by Gasteiger charge is 2.30. The highest BCUT2D eigenvalue weighted by Crippen LogP contribution is 2.26. The molecule has 0 saturated heterocycles. The zero-order valence-electron chi connectivity index (χ0n) is 23.2. The Morgan fingerprint density at radius 2 is 1.57 bits per heavy atom. The number of alkyl carbamates (subject to hydrolysis) is 1. The van der Waals surface area contributed by atoms with Crippen LogP contribution in [0.25, 0.3) is 0 Å². The smallest absolute Gasteiger partial charge is 0.413 e. The van der Waals surface area contributed by atoms with E-state index in [-0.39, 0.29) is 10.8 Å². The van der Waals surface area contributed by atoms with E-state index in [1.807, 2.05) is 12.1 Å². The Hall–Kier alpha value is -4.98. The second-order valence-electron chi connectivity index (χ2n) is 9.53. The summed E-state index contributed by atoms with van der Waals surface area (Å²) in [5, 5.41) is 18.7. The molecular formula is C28H30N4O9S. The van der Waals surface area contributed by atoms with Gasteiger partial charge in [-0.2, -0.15) is 0 Å². The number of oxime groups is 1. The van der Waals surface area contributed by atoms with E-state index in [1.54, 1.807) is 69.3 Å². The van der Waals surface area contributed by atoms with E-state index in [0.29, 0.717) is 11.1 Å². The number of thiazole rings is 1. The Kier molecular flexibility index (Phi) is 11.0. The Morgan fingerprint density at radius 3 is 2.10 bits per heavy atom. The second-order valence-corrected chi connectivity index (χ2v) is 10.4. The monoisotopic (exact) mass is 598 g/mol. The first-order valence-corrected chi connectivity index (χ1v) is 13.4. The molecule has 2 amide bonds. The Bertz CT molecular complexity index is 1370. The van der Waals surface area contributed by atoms with Gasteiger partial charge in [0.15, 0.2) is 17.3 Å². The summed E-state index contributed by atoms with van der Waals surface area (Å²) in [6, 6.07) is 16.6. The Balaban J connectivity index is 1.75. The molecule has 3 rings (SSSR count). The van der Waals surface area contributed by atoms with Crippen molar-refractivity contribution in [2.24, 2.45) is 5.16 Å². The summed E-state index contributed by atoms with van der Waals surface area (Å²) in [5.74, 6) is -2.26. The largest absolute Gasteiger partial charge is 0.476 e. The maximum Gasteiger partial charge on any atom is 0.413 e. The molecule has 0 aliphatic carbocycles. The van der Waals surface area contributed by atoms with Gasteiger partial charge in [-0.25, -0.2) is 24.2 Å². The van der Waals surface area contributed by atoms with E-state index in [9.17, 15) is 24.3 Å². The number of carboxylic acids is 1. The predicted molar refractivity (Wildman–Crippen MR) is 152 cm³/mol. The quantitative estimate of drug-likeness (QED) is 0.125. The van der Waals surface area contributed by atoms with E-state index in [1.165, 1.54) is 12.5 Å². The molecular weight excluding hydrogens is 568 g/mol. The van der Waals surface area contributed by atoms with Crippen molar-refractivity contribution in [3.05, 3.63) is 82.9 Å². The molecule has 14 heteroatoms. The number of anilines is 1. The molecule has 0 bridgehead atoms. The standard InChI is InChI=1S/C28H30N4O9S/c1-28(2,3)41-27(37)30-19(15-39-26(36)31-25-29-20(16-42-25)21(23(33)34)32-38-4)24(35)40-22(17-11-7-5-8-12-17)18-13-9-6-10-14-18/h5-14,16,19,22H,15H2,1-4H3,(H,30,37)(H,33,34)(H,29,31,36)/b32-21-. The number of aliphatic carboxylic acids is 1. The van der Waals surface area contributed by atoms with Gasteiger partial charge in [0.25, 0.3) is 0 Å². The molecule has 1 heterocycles. The van der Waals surface area contributed by atoms with Crippen LogP contribution in [0.15, 0.2) is 71.2 Å². The van der Waals surface area contributed by atoms with Crippen LogP contribution in [0.5, 0.6) is 0 Å². The Labute approximate surface area is 245 Å². The van der Waals surface area contributed by atoms with Crippen LogP contribution >= 0.6 is 11.3 Å². The molecule has 0 aliphatic rings. The molecule has 2 aromatic carbocycles. The van der Waals surface area contributed by atoms with Crippen LogP contribution in [0.3, 0.4) is 0 Å². The van der Waals surface area contributed by atoms with Gasteiger partial charge in [0.05, 0.1) is 0 Å². The summed E-state index contributed by atoms with van der Waals surface area (Å²) in [4.78, 5) is 58.3. The summed E-state index contributed by atoms with van der Waals surface area (Å²) < 4.78 is 16.3. The molecule has 222 valence electrons. The number of carbonyl (C=O) groups is 4. The third-order valence-corrected chi connectivity index (χ3v) is 5.89. The van der Waals surface area contributed by atoms with Gasteiger partial charge in [-0.15, -0.1) is 11.3 Å². The van der Waals surface area contributed by atoms with Crippen LogP contribution in [-0.4, -0.2) is 65.3 Å². The van der Waals surface area contributed by atoms with Crippen LogP contribution in [-0.2, 0) is 28.6 Å². The minimum absolute atomic E-state index is 0.00694. The van der Waals surface area contributed by atoms with Gasteiger partial charge in [0, 0.05) is 5.38 Å². The fraction of sp³-hybridized carbons (Fsp3) is 0.286. The molecule has 1 unspecified atom stereocenters. The van der Waals surface area contributed by atoms with Gasteiger partial charge in [0.1, 0.15) is 25.0 Å². The summed E-state index contributed by atoms with van der Waals surface area (Å²) in [5.41, 5.74) is -0.0128. The van der Waals surface area contributed by atoms with Gasteiger partial charge in [-0.05, 0) is 31.9 Å². The number of nitrogens with zero attached hydrogens (tertiary/aromatic N) is 2. The van der Waals surface area contributed by atoms with Crippen molar-refractivity contribution in [1.82, 2.24) is 10.3 Å². The number of carboxylic acid groups (broad SMARTS) is 1. The van der Waals surface area contributed by atoms with E-state index < -0.39 is 54.2 Å². The first kappa shape index (κ1) is 31.5. The van der Waals surface area contributed by atoms with Crippen LogP contribution < -0.4 is 10.6 Å². The lowest BCUT2D eigenvalue weighted by Gasteiger charge is -2.25. The summed E-state index contributed by atoms with van der Waals surface area (Å²) >= 11 is 0.907. The number of esters is 1. The molecule has 1 atom stereocenters. The van der Waals surface area contributed by atoms with E-state index in [2.05, 4.69) is 25.6 Å². The molecule has 42 heavy (non-hydrogen) atoms. The lowest BCUT2D eigenvalue weighted by atomic mass is 10.0. The van der Waals surface area contributed by atoms with Crippen LogP contribution in [0, 0.1) is 0 Å². The van der Waals surface area contributed by atoms with E-state index in [0.717, 1.165) is 11.3 Å². The third-order valence-electron chi connectivity index (χ3n) is 5.14. The van der Waals surface area contributed by atoms with Crippen molar-refractivity contribution >= 4 is 46.3 Å². The number of hydrogen-bond donors (Lipinski definition) is 3. The number of amides is 2. The number of ether oxygens (including phenoxy) is 3. The van der Waals surface area contributed by atoms with Crippen molar-refractivity contribution in [2.75, 3.05) is 19.0 Å². The molecule has 0 radical (unpaired) electrons. The average Bonchev–Trinajstić information content (AvgIpc) is 3.40. The van der Waals surface area contributed by atoms with Crippen LogP contribution in [0.1, 0.15) is 43.7 Å². The number of benzene rings is 2. The second kappa shape index (κ2) is 14.6. The summed E-state index contributed by atoms with van der Waals surface area (Å²) in [7, 11) is 1.18. The van der Waals surface area contributed by atoms with Crippen molar-refractivity contribution in [1.29, 1.82) is 0 Å². The lowest BCUT2D eigenvalue weighted by Crippen LogP contribution is -2.47. The fourth-order valence-corrected chi connectivity index (χ4v) is 4.09. The molecule has 3 N–H and O–H groups in total. The van der Waals surface area contributed by atoms with Gasteiger partial charge >= 0.3 is 24.1 Å².